The highest BCUT2D eigenvalue weighted by atomic mass is 16.5. The third-order valence-corrected chi connectivity index (χ3v) is 6.42. The standard InChI is InChI=1S/C27H37N3O4/c1-19-16-30(14-13-22-9-7-6-8-10-22)20(2)18-34-25-12-11-23(28-21(3)31)15-24(25)27(32)29(4)17-26(19)33-5/h6-12,15,19-20,26H,13-14,16-18H2,1-5H3,(H,28,31)/t19-,20-,26+/m1/s1. The minimum atomic E-state index is -0.189. The van der Waals surface area contributed by atoms with Crippen LogP contribution in [0.4, 0.5) is 5.69 Å². The predicted octanol–water partition coefficient (Wildman–Crippen LogP) is 3.69. The lowest BCUT2D eigenvalue weighted by atomic mass is 10.0. The predicted molar refractivity (Wildman–Crippen MR) is 134 cm³/mol. The summed E-state index contributed by atoms with van der Waals surface area (Å²) in [5.41, 5.74) is 2.30. The molecule has 1 heterocycles. The van der Waals surface area contributed by atoms with Crippen LogP contribution in [-0.4, -0.2) is 74.2 Å². The molecule has 34 heavy (non-hydrogen) atoms. The number of methoxy groups -OCH3 is 1. The van der Waals surface area contributed by atoms with Gasteiger partial charge in [0.25, 0.3) is 5.91 Å². The second-order valence-corrected chi connectivity index (χ2v) is 9.22. The van der Waals surface area contributed by atoms with Gasteiger partial charge in [-0.15, -0.1) is 0 Å². The highest BCUT2D eigenvalue weighted by Crippen LogP contribution is 2.26. The molecule has 0 aromatic heterocycles. The summed E-state index contributed by atoms with van der Waals surface area (Å²) in [5, 5.41) is 2.75. The summed E-state index contributed by atoms with van der Waals surface area (Å²) in [6.45, 7) is 8.42. The third-order valence-electron chi connectivity index (χ3n) is 6.42. The molecule has 2 aromatic carbocycles. The highest BCUT2D eigenvalue weighted by Gasteiger charge is 2.28. The van der Waals surface area contributed by atoms with Crippen molar-refractivity contribution in [3.63, 3.8) is 0 Å². The first kappa shape index (κ1) is 25.7. The first-order chi connectivity index (χ1) is 16.3. The summed E-state index contributed by atoms with van der Waals surface area (Å²) in [5.74, 6) is 0.378. The van der Waals surface area contributed by atoms with Crippen LogP contribution >= 0.6 is 0 Å². The van der Waals surface area contributed by atoms with Crippen molar-refractivity contribution in [1.29, 1.82) is 0 Å². The Kier molecular flexibility index (Phi) is 9.07. The zero-order valence-corrected chi connectivity index (χ0v) is 20.9. The number of ether oxygens (including phenoxy) is 2. The van der Waals surface area contributed by atoms with E-state index in [1.54, 1.807) is 37.3 Å². The van der Waals surface area contributed by atoms with Crippen molar-refractivity contribution < 1.29 is 19.1 Å². The first-order valence-electron chi connectivity index (χ1n) is 11.9. The Morgan fingerprint density at radius 1 is 1.15 bits per heavy atom. The van der Waals surface area contributed by atoms with Crippen LogP contribution in [0.1, 0.15) is 36.7 Å². The van der Waals surface area contributed by atoms with E-state index in [0.717, 1.165) is 19.5 Å². The molecule has 2 aromatic rings. The molecule has 0 aliphatic carbocycles. The number of hydrogen-bond donors (Lipinski definition) is 1. The maximum absolute atomic E-state index is 13.3. The maximum Gasteiger partial charge on any atom is 0.257 e. The molecule has 0 spiro atoms. The fraction of sp³-hybridized carbons (Fsp3) is 0.481. The number of hydrogen-bond acceptors (Lipinski definition) is 5. The number of anilines is 1. The molecule has 0 saturated heterocycles. The smallest absolute Gasteiger partial charge is 0.257 e. The molecule has 3 rings (SSSR count). The van der Waals surface area contributed by atoms with Gasteiger partial charge in [0.2, 0.25) is 5.91 Å². The second kappa shape index (κ2) is 12.0. The summed E-state index contributed by atoms with van der Waals surface area (Å²) in [6, 6.07) is 15.8. The monoisotopic (exact) mass is 467 g/mol. The van der Waals surface area contributed by atoms with Crippen LogP contribution in [0.5, 0.6) is 5.75 Å². The van der Waals surface area contributed by atoms with Crippen molar-refractivity contribution >= 4 is 17.5 Å². The number of carbonyl (C=O) groups is 2. The van der Waals surface area contributed by atoms with Crippen molar-refractivity contribution in [3.05, 3.63) is 59.7 Å². The number of likely N-dealkylation sites (N-methyl/N-ethyl adjacent to an activating group) is 1. The molecular weight excluding hydrogens is 430 g/mol. The van der Waals surface area contributed by atoms with Gasteiger partial charge in [0, 0.05) is 52.4 Å². The molecule has 0 unspecified atom stereocenters. The van der Waals surface area contributed by atoms with Gasteiger partial charge in [-0.2, -0.15) is 0 Å². The minimum Gasteiger partial charge on any atom is -0.491 e. The molecule has 0 bridgehead atoms. The highest BCUT2D eigenvalue weighted by molar-refractivity contribution is 5.99. The molecular formula is C27H37N3O4. The van der Waals surface area contributed by atoms with Crippen molar-refractivity contribution in [2.75, 3.05) is 45.7 Å². The van der Waals surface area contributed by atoms with Gasteiger partial charge in [-0.25, -0.2) is 0 Å². The zero-order chi connectivity index (χ0) is 24.7. The number of amides is 2. The molecule has 7 heteroatoms. The normalized spacial score (nSPS) is 22.2. The van der Waals surface area contributed by atoms with Crippen LogP contribution in [0.15, 0.2) is 48.5 Å². The summed E-state index contributed by atoms with van der Waals surface area (Å²) in [4.78, 5) is 29.0. The second-order valence-electron chi connectivity index (χ2n) is 9.22. The average Bonchev–Trinajstić information content (AvgIpc) is 2.82. The number of benzene rings is 2. The Hall–Kier alpha value is -2.90. The van der Waals surface area contributed by atoms with E-state index in [9.17, 15) is 9.59 Å². The maximum atomic E-state index is 13.3. The van der Waals surface area contributed by atoms with Gasteiger partial charge in [0.05, 0.1) is 11.7 Å². The van der Waals surface area contributed by atoms with Crippen LogP contribution in [-0.2, 0) is 16.0 Å². The van der Waals surface area contributed by atoms with E-state index in [1.807, 2.05) is 6.07 Å². The van der Waals surface area contributed by atoms with E-state index >= 15 is 0 Å². The van der Waals surface area contributed by atoms with Gasteiger partial charge >= 0.3 is 0 Å². The minimum absolute atomic E-state index is 0.109. The molecule has 0 fully saturated rings. The lowest BCUT2D eigenvalue weighted by molar-refractivity contribution is -0.114. The van der Waals surface area contributed by atoms with Gasteiger partial charge in [-0.1, -0.05) is 37.3 Å². The van der Waals surface area contributed by atoms with Gasteiger partial charge in [0.15, 0.2) is 0 Å². The summed E-state index contributed by atoms with van der Waals surface area (Å²) < 4.78 is 12.0. The number of carbonyl (C=O) groups excluding carboxylic acids is 2. The van der Waals surface area contributed by atoms with Crippen LogP contribution in [0, 0.1) is 5.92 Å². The molecule has 0 saturated carbocycles. The van der Waals surface area contributed by atoms with E-state index in [4.69, 9.17) is 9.47 Å². The number of fused-ring (bicyclic) bond motifs is 1. The largest absolute Gasteiger partial charge is 0.491 e. The SMILES string of the molecule is CO[C@H]1CN(C)C(=O)c2cc(NC(C)=O)ccc2OC[C@@H](C)N(CCc2ccccc2)C[C@H]1C. The molecule has 2 amide bonds. The Balaban J connectivity index is 1.88. The third kappa shape index (κ3) is 6.81. The van der Waals surface area contributed by atoms with Gasteiger partial charge in [0.1, 0.15) is 12.4 Å². The topological polar surface area (TPSA) is 71.1 Å². The molecule has 1 aliphatic heterocycles. The first-order valence-corrected chi connectivity index (χ1v) is 11.9. The Labute approximate surface area is 203 Å². The van der Waals surface area contributed by atoms with E-state index in [-0.39, 0.29) is 29.9 Å². The van der Waals surface area contributed by atoms with Gasteiger partial charge < -0.3 is 19.7 Å². The van der Waals surface area contributed by atoms with Gasteiger partial charge in [-0.05, 0) is 43.0 Å². The summed E-state index contributed by atoms with van der Waals surface area (Å²) >= 11 is 0. The molecule has 7 nitrogen and oxygen atoms in total. The van der Waals surface area contributed by atoms with Crippen molar-refractivity contribution in [1.82, 2.24) is 9.80 Å². The van der Waals surface area contributed by atoms with Gasteiger partial charge in [-0.3, -0.25) is 14.5 Å². The average molecular weight is 468 g/mol. The molecule has 1 aliphatic rings. The van der Waals surface area contributed by atoms with Crippen molar-refractivity contribution in [2.45, 2.75) is 39.3 Å². The fourth-order valence-electron chi connectivity index (χ4n) is 4.36. The van der Waals surface area contributed by atoms with E-state index in [0.29, 0.717) is 30.2 Å². The van der Waals surface area contributed by atoms with Crippen molar-refractivity contribution in [2.24, 2.45) is 5.92 Å². The molecule has 0 radical (unpaired) electrons. The quantitative estimate of drug-likeness (QED) is 0.726. The van der Waals surface area contributed by atoms with Crippen LogP contribution in [0.3, 0.4) is 0 Å². The van der Waals surface area contributed by atoms with E-state index < -0.39 is 0 Å². The molecule has 184 valence electrons. The number of rotatable bonds is 5. The fourth-order valence-corrected chi connectivity index (χ4v) is 4.36. The number of nitrogens with one attached hydrogen (secondary N) is 1. The Bertz CT molecular complexity index is 966. The summed E-state index contributed by atoms with van der Waals surface area (Å²) in [6.07, 6.45) is 0.840. The molecule has 3 atom stereocenters. The van der Waals surface area contributed by atoms with E-state index in [1.165, 1.54) is 12.5 Å². The summed E-state index contributed by atoms with van der Waals surface area (Å²) in [7, 11) is 3.48. The lowest BCUT2D eigenvalue weighted by Gasteiger charge is -2.36. The number of nitrogens with zero attached hydrogens (tertiary/aromatic N) is 2. The van der Waals surface area contributed by atoms with Crippen LogP contribution in [0.25, 0.3) is 0 Å². The van der Waals surface area contributed by atoms with E-state index in [2.05, 4.69) is 48.3 Å². The van der Waals surface area contributed by atoms with Crippen molar-refractivity contribution in [3.8, 4) is 5.75 Å². The van der Waals surface area contributed by atoms with Crippen LogP contribution < -0.4 is 10.1 Å². The zero-order valence-electron chi connectivity index (χ0n) is 20.9. The Morgan fingerprint density at radius 3 is 2.56 bits per heavy atom. The molecule has 1 N–H and O–H groups in total. The Morgan fingerprint density at radius 2 is 1.88 bits per heavy atom. The van der Waals surface area contributed by atoms with Crippen LogP contribution in [0.2, 0.25) is 0 Å². The lowest BCUT2D eigenvalue weighted by Crippen LogP contribution is -2.47.